The van der Waals surface area contributed by atoms with Crippen LogP contribution in [0.4, 0.5) is 4.39 Å². The third-order valence-electron chi connectivity index (χ3n) is 1.47. The Hall–Kier alpha value is -0.850. The van der Waals surface area contributed by atoms with Crippen LogP contribution in [-0.4, -0.2) is 6.17 Å². The molecule has 0 aromatic carbocycles. The van der Waals surface area contributed by atoms with E-state index in [0.717, 1.165) is 12.0 Å². The molecule has 0 bridgehead atoms. The van der Waals surface area contributed by atoms with Crippen molar-refractivity contribution in [1.29, 1.82) is 0 Å². The van der Waals surface area contributed by atoms with Gasteiger partial charge in [0.05, 0.1) is 0 Å². The van der Waals surface area contributed by atoms with Crippen LogP contribution in [0.15, 0.2) is 36.0 Å². The van der Waals surface area contributed by atoms with Crippen LogP contribution in [0.5, 0.6) is 0 Å². The lowest BCUT2D eigenvalue weighted by Crippen LogP contribution is -1.93. The van der Waals surface area contributed by atoms with Crippen molar-refractivity contribution in [2.45, 2.75) is 19.5 Å². The molecule has 0 aromatic rings. The zero-order valence-electron chi connectivity index (χ0n) is 6.05. The first-order valence-corrected chi connectivity index (χ1v) is 3.48. The van der Waals surface area contributed by atoms with Crippen LogP contribution in [0.1, 0.15) is 13.3 Å². The first kappa shape index (κ1) is 7.26. The quantitative estimate of drug-likeness (QED) is 0.522. The molecule has 0 heterocycles. The van der Waals surface area contributed by atoms with Crippen molar-refractivity contribution in [2.75, 3.05) is 0 Å². The summed E-state index contributed by atoms with van der Waals surface area (Å²) in [7, 11) is 0. The predicted octanol–water partition coefficient (Wildman–Crippen LogP) is 2.79. The predicted molar refractivity (Wildman–Crippen MR) is 41.6 cm³/mol. The van der Waals surface area contributed by atoms with Crippen LogP contribution >= 0.6 is 0 Å². The summed E-state index contributed by atoms with van der Waals surface area (Å²) in [4.78, 5) is 0. The maximum atomic E-state index is 12.6. The van der Waals surface area contributed by atoms with Gasteiger partial charge in [-0.3, -0.25) is 0 Å². The Bertz CT molecular complexity index is 185. The number of allylic oxidation sites excluding steroid dienone is 6. The van der Waals surface area contributed by atoms with Crippen molar-refractivity contribution in [2.24, 2.45) is 0 Å². The van der Waals surface area contributed by atoms with E-state index in [1.165, 1.54) is 0 Å². The van der Waals surface area contributed by atoms with Gasteiger partial charge in [-0.2, -0.15) is 0 Å². The Kier molecular flexibility index (Phi) is 2.43. The van der Waals surface area contributed by atoms with E-state index in [1.807, 2.05) is 30.4 Å². The Morgan fingerprint density at radius 1 is 1.50 bits per heavy atom. The van der Waals surface area contributed by atoms with Gasteiger partial charge < -0.3 is 0 Å². The van der Waals surface area contributed by atoms with Crippen LogP contribution in [0.3, 0.4) is 0 Å². The molecule has 0 amide bonds. The lowest BCUT2D eigenvalue weighted by atomic mass is 10.1. The van der Waals surface area contributed by atoms with Gasteiger partial charge in [0, 0.05) is 0 Å². The molecule has 1 aliphatic rings. The maximum absolute atomic E-state index is 12.6. The minimum atomic E-state index is -0.848. The molecule has 0 saturated carbocycles. The highest BCUT2D eigenvalue weighted by atomic mass is 19.1. The van der Waals surface area contributed by atoms with Gasteiger partial charge in [0.2, 0.25) is 0 Å². The summed E-state index contributed by atoms with van der Waals surface area (Å²) in [6, 6.07) is 0. The molecule has 0 saturated heterocycles. The molecule has 0 radical (unpaired) electrons. The zero-order chi connectivity index (χ0) is 7.40. The van der Waals surface area contributed by atoms with Gasteiger partial charge >= 0.3 is 0 Å². The first-order chi connectivity index (χ1) is 4.80. The average Bonchev–Trinajstić information content (AvgIpc) is 2.12. The second-order valence-electron chi connectivity index (χ2n) is 2.35. The standard InChI is InChI=1S/C9H11F/c1-8(10)9-6-4-2-3-5-7-9/h2,4-8H,3H2,1H3. The molecular weight excluding hydrogens is 127 g/mol. The fraction of sp³-hybridized carbons (Fsp3) is 0.333. The lowest BCUT2D eigenvalue weighted by molar-refractivity contribution is 0.417. The third-order valence-corrected chi connectivity index (χ3v) is 1.47. The van der Waals surface area contributed by atoms with E-state index in [9.17, 15) is 4.39 Å². The molecule has 1 heteroatoms. The van der Waals surface area contributed by atoms with E-state index < -0.39 is 6.17 Å². The Labute approximate surface area is 60.7 Å². The summed E-state index contributed by atoms with van der Waals surface area (Å²) in [5.41, 5.74) is 0.758. The van der Waals surface area contributed by atoms with Gasteiger partial charge in [-0.1, -0.05) is 30.4 Å². The SMILES string of the molecule is CC(F)C1=CC=CCC=C1. The molecular formula is C9H11F. The maximum Gasteiger partial charge on any atom is 0.122 e. The topological polar surface area (TPSA) is 0 Å². The molecule has 1 rings (SSSR count). The van der Waals surface area contributed by atoms with Gasteiger partial charge in [0.15, 0.2) is 0 Å². The second-order valence-corrected chi connectivity index (χ2v) is 2.35. The molecule has 0 aromatic heterocycles. The van der Waals surface area contributed by atoms with Gasteiger partial charge in [0.25, 0.3) is 0 Å². The summed E-state index contributed by atoms with van der Waals surface area (Å²) < 4.78 is 12.6. The largest absolute Gasteiger partial charge is 0.243 e. The molecule has 1 aliphatic carbocycles. The van der Waals surface area contributed by atoms with Gasteiger partial charge in [-0.25, -0.2) is 4.39 Å². The van der Waals surface area contributed by atoms with Crippen LogP contribution in [-0.2, 0) is 0 Å². The van der Waals surface area contributed by atoms with E-state index in [-0.39, 0.29) is 0 Å². The highest BCUT2D eigenvalue weighted by Crippen LogP contribution is 2.11. The van der Waals surface area contributed by atoms with Crippen LogP contribution in [0, 0.1) is 0 Å². The molecule has 1 unspecified atom stereocenters. The van der Waals surface area contributed by atoms with E-state index in [4.69, 9.17) is 0 Å². The Balaban J connectivity index is 2.73. The normalized spacial score (nSPS) is 20.0. The minimum Gasteiger partial charge on any atom is -0.243 e. The second kappa shape index (κ2) is 3.35. The van der Waals surface area contributed by atoms with E-state index in [2.05, 4.69) is 0 Å². The van der Waals surface area contributed by atoms with Crippen molar-refractivity contribution in [3.05, 3.63) is 36.0 Å². The number of halogens is 1. The number of rotatable bonds is 1. The zero-order valence-corrected chi connectivity index (χ0v) is 6.05. The average molecular weight is 138 g/mol. The van der Waals surface area contributed by atoms with Crippen LogP contribution in [0.25, 0.3) is 0 Å². The molecule has 0 spiro atoms. The van der Waals surface area contributed by atoms with E-state index in [0.29, 0.717) is 0 Å². The third kappa shape index (κ3) is 1.83. The number of hydrogen-bond acceptors (Lipinski definition) is 0. The molecule has 1 atom stereocenters. The van der Waals surface area contributed by atoms with Crippen molar-refractivity contribution in [1.82, 2.24) is 0 Å². The molecule has 0 N–H and O–H groups in total. The van der Waals surface area contributed by atoms with Crippen molar-refractivity contribution >= 4 is 0 Å². The summed E-state index contributed by atoms with van der Waals surface area (Å²) in [5.74, 6) is 0. The highest BCUT2D eigenvalue weighted by Gasteiger charge is 2.01. The fourth-order valence-electron chi connectivity index (χ4n) is 0.861. The van der Waals surface area contributed by atoms with E-state index in [1.54, 1.807) is 6.92 Å². The van der Waals surface area contributed by atoms with Gasteiger partial charge in [-0.15, -0.1) is 0 Å². The molecule has 10 heavy (non-hydrogen) atoms. The lowest BCUT2D eigenvalue weighted by Gasteiger charge is -1.98. The molecule has 54 valence electrons. The monoisotopic (exact) mass is 138 g/mol. The van der Waals surface area contributed by atoms with Crippen molar-refractivity contribution in [3.8, 4) is 0 Å². The van der Waals surface area contributed by atoms with Crippen LogP contribution in [0.2, 0.25) is 0 Å². The first-order valence-electron chi connectivity index (χ1n) is 3.48. The van der Waals surface area contributed by atoms with Crippen molar-refractivity contribution in [3.63, 3.8) is 0 Å². The molecule has 0 aliphatic heterocycles. The Morgan fingerprint density at radius 3 is 3.00 bits per heavy atom. The molecule has 0 nitrogen and oxygen atoms in total. The number of hydrogen-bond donors (Lipinski definition) is 0. The Morgan fingerprint density at radius 2 is 2.30 bits per heavy atom. The van der Waals surface area contributed by atoms with E-state index >= 15 is 0 Å². The summed E-state index contributed by atoms with van der Waals surface area (Å²) in [5, 5.41) is 0. The molecule has 0 fully saturated rings. The summed E-state index contributed by atoms with van der Waals surface area (Å²) in [6.07, 6.45) is 9.58. The van der Waals surface area contributed by atoms with Crippen molar-refractivity contribution < 1.29 is 4.39 Å². The highest BCUT2D eigenvalue weighted by molar-refractivity contribution is 5.29. The van der Waals surface area contributed by atoms with Gasteiger partial charge in [0.1, 0.15) is 6.17 Å². The smallest absolute Gasteiger partial charge is 0.122 e. The summed E-state index contributed by atoms with van der Waals surface area (Å²) >= 11 is 0. The van der Waals surface area contributed by atoms with Gasteiger partial charge in [-0.05, 0) is 18.9 Å². The fourth-order valence-corrected chi connectivity index (χ4v) is 0.861. The number of alkyl halides is 1. The summed E-state index contributed by atoms with van der Waals surface area (Å²) in [6.45, 7) is 1.55. The van der Waals surface area contributed by atoms with Crippen LogP contribution < -0.4 is 0 Å². The minimum absolute atomic E-state index is 0.758.